The lowest BCUT2D eigenvalue weighted by atomic mass is 10.0. The highest BCUT2D eigenvalue weighted by Crippen LogP contribution is 2.48. The predicted octanol–water partition coefficient (Wildman–Crippen LogP) is 4.05. The molecule has 5 nitrogen and oxygen atoms in total. The van der Waals surface area contributed by atoms with Crippen LogP contribution in [0.1, 0.15) is 26.2 Å². The molecule has 0 aliphatic heterocycles. The Morgan fingerprint density at radius 1 is 1.27 bits per heavy atom. The highest BCUT2D eigenvalue weighted by molar-refractivity contribution is 14.0. The van der Waals surface area contributed by atoms with Crippen LogP contribution in [-0.2, 0) is 4.74 Å². The second-order valence-electron chi connectivity index (χ2n) is 6.57. The third-order valence-electron chi connectivity index (χ3n) is 4.64. The maximum absolute atomic E-state index is 5.88. The Labute approximate surface area is 179 Å². The van der Waals surface area contributed by atoms with Crippen LogP contribution in [0.4, 0.5) is 0 Å². The third-order valence-corrected chi connectivity index (χ3v) is 4.89. The van der Waals surface area contributed by atoms with Crippen LogP contribution >= 0.6 is 35.6 Å². The molecule has 148 valence electrons. The van der Waals surface area contributed by atoms with Gasteiger partial charge in [-0.25, -0.2) is 0 Å². The van der Waals surface area contributed by atoms with Gasteiger partial charge < -0.3 is 19.7 Å². The number of nitrogens with zero attached hydrogens (tertiary/aromatic N) is 2. The minimum Gasteiger partial charge on any atom is -0.492 e. The molecule has 7 heteroatoms. The molecule has 1 aromatic rings. The maximum atomic E-state index is 5.88. The molecule has 0 atom stereocenters. The van der Waals surface area contributed by atoms with Crippen LogP contribution in [0.5, 0.6) is 5.75 Å². The molecular formula is C19H31ClIN3O2. The van der Waals surface area contributed by atoms with Crippen LogP contribution in [0.2, 0.25) is 5.02 Å². The number of benzene rings is 1. The van der Waals surface area contributed by atoms with Gasteiger partial charge in [0.25, 0.3) is 0 Å². The molecule has 1 aliphatic rings. The first kappa shape index (κ1) is 23.3. The summed E-state index contributed by atoms with van der Waals surface area (Å²) in [5, 5.41) is 4.22. The molecule has 26 heavy (non-hydrogen) atoms. The van der Waals surface area contributed by atoms with E-state index in [9.17, 15) is 0 Å². The van der Waals surface area contributed by atoms with E-state index >= 15 is 0 Å². The summed E-state index contributed by atoms with van der Waals surface area (Å²) in [6.07, 6.45) is 3.66. The van der Waals surface area contributed by atoms with Crippen molar-refractivity contribution in [1.29, 1.82) is 0 Å². The van der Waals surface area contributed by atoms with E-state index in [1.165, 1.54) is 12.8 Å². The molecule has 0 heterocycles. The van der Waals surface area contributed by atoms with Crippen molar-refractivity contribution in [3.63, 3.8) is 0 Å². The Hall–Kier alpha value is -0.730. The van der Waals surface area contributed by atoms with Crippen molar-refractivity contribution in [2.45, 2.75) is 26.2 Å². The van der Waals surface area contributed by atoms with Crippen LogP contribution < -0.4 is 10.1 Å². The number of likely N-dealkylation sites (N-methyl/N-ethyl adjacent to an activating group) is 1. The zero-order valence-electron chi connectivity index (χ0n) is 16.0. The average Bonchev–Trinajstić information content (AvgIpc) is 3.37. The smallest absolute Gasteiger partial charge is 0.193 e. The Morgan fingerprint density at radius 2 is 1.96 bits per heavy atom. The van der Waals surface area contributed by atoms with Gasteiger partial charge in [0.05, 0.1) is 6.54 Å². The fourth-order valence-electron chi connectivity index (χ4n) is 2.71. The normalized spacial score (nSPS) is 15.2. The van der Waals surface area contributed by atoms with Gasteiger partial charge in [0.1, 0.15) is 12.4 Å². The molecule has 2 rings (SSSR count). The molecule has 0 bridgehead atoms. The topological polar surface area (TPSA) is 46.1 Å². The van der Waals surface area contributed by atoms with Gasteiger partial charge in [0.2, 0.25) is 0 Å². The van der Waals surface area contributed by atoms with Crippen molar-refractivity contribution in [1.82, 2.24) is 10.2 Å². The van der Waals surface area contributed by atoms with Crippen LogP contribution in [-0.4, -0.2) is 57.9 Å². The molecule has 1 fully saturated rings. The van der Waals surface area contributed by atoms with Crippen LogP contribution in [0.15, 0.2) is 29.3 Å². The van der Waals surface area contributed by atoms with Crippen molar-refractivity contribution >= 4 is 41.5 Å². The summed E-state index contributed by atoms with van der Waals surface area (Å²) in [5.41, 5.74) is 0.395. The summed E-state index contributed by atoms with van der Waals surface area (Å²) in [5.74, 6) is 1.73. The van der Waals surface area contributed by atoms with E-state index in [1.54, 1.807) is 0 Å². The van der Waals surface area contributed by atoms with E-state index in [-0.39, 0.29) is 24.0 Å². The van der Waals surface area contributed by atoms with Gasteiger partial charge in [-0.1, -0.05) is 11.6 Å². The third kappa shape index (κ3) is 7.88. The molecule has 0 amide bonds. The van der Waals surface area contributed by atoms with Gasteiger partial charge in [-0.15, -0.1) is 24.0 Å². The van der Waals surface area contributed by atoms with Crippen molar-refractivity contribution < 1.29 is 9.47 Å². The zero-order valence-corrected chi connectivity index (χ0v) is 19.0. The summed E-state index contributed by atoms with van der Waals surface area (Å²) >= 11 is 5.88. The molecule has 0 saturated heterocycles. The van der Waals surface area contributed by atoms with E-state index in [0.717, 1.165) is 44.4 Å². The first-order chi connectivity index (χ1) is 12.1. The summed E-state index contributed by atoms with van der Waals surface area (Å²) < 4.78 is 11.2. The minimum absolute atomic E-state index is 0. The van der Waals surface area contributed by atoms with Crippen molar-refractivity contribution in [3.05, 3.63) is 29.3 Å². The molecule has 0 radical (unpaired) electrons. The summed E-state index contributed by atoms with van der Waals surface area (Å²) in [4.78, 5) is 6.47. The predicted molar refractivity (Wildman–Crippen MR) is 119 cm³/mol. The maximum Gasteiger partial charge on any atom is 0.193 e. The SMILES string of the molecule is CCOCCC1(CNC(=NC)N(C)CCOc2ccc(Cl)cc2)CC1.I. The Balaban J connectivity index is 0.00000338. The summed E-state index contributed by atoms with van der Waals surface area (Å²) in [6, 6.07) is 7.42. The van der Waals surface area contributed by atoms with Gasteiger partial charge in [0.15, 0.2) is 5.96 Å². The highest BCUT2D eigenvalue weighted by atomic mass is 127. The molecule has 0 aromatic heterocycles. The van der Waals surface area contributed by atoms with Gasteiger partial charge in [-0.2, -0.15) is 0 Å². The van der Waals surface area contributed by atoms with Gasteiger partial charge in [-0.3, -0.25) is 4.99 Å². The first-order valence-corrected chi connectivity index (χ1v) is 9.34. The first-order valence-electron chi connectivity index (χ1n) is 8.96. The Kier molecular flexibility index (Phi) is 10.6. The van der Waals surface area contributed by atoms with Gasteiger partial charge in [-0.05, 0) is 55.9 Å². The fraction of sp³-hybridized carbons (Fsp3) is 0.632. The number of guanidine groups is 1. The lowest BCUT2D eigenvalue weighted by molar-refractivity contribution is 0.128. The van der Waals surface area contributed by atoms with Gasteiger partial charge >= 0.3 is 0 Å². The molecule has 1 aliphatic carbocycles. The number of aliphatic imine (C=N–C) groups is 1. The number of nitrogens with one attached hydrogen (secondary N) is 1. The second kappa shape index (κ2) is 11.9. The van der Waals surface area contributed by atoms with Crippen molar-refractivity contribution in [2.24, 2.45) is 10.4 Å². The van der Waals surface area contributed by atoms with Crippen molar-refractivity contribution in [3.8, 4) is 5.75 Å². The van der Waals surface area contributed by atoms with Crippen LogP contribution in [0, 0.1) is 5.41 Å². The number of hydrogen-bond acceptors (Lipinski definition) is 3. The molecule has 0 spiro atoms. The Morgan fingerprint density at radius 3 is 2.54 bits per heavy atom. The van der Waals surface area contributed by atoms with E-state index in [0.29, 0.717) is 17.0 Å². The number of hydrogen-bond donors (Lipinski definition) is 1. The molecule has 1 N–H and O–H groups in total. The van der Waals surface area contributed by atoms with Crippen LogP contribution in [0.25, 0.3) is 0 Å². The van der Waals surface area contributed by atoms with E-state index in [1.807, 2.05) is 45.3 Å². The summed E-state index contributed by atoms with van der Waals surface area (Å²) in [6.45, 7) is 5.99. The number of rotatable bonds is 10. The molecular weight excluding hydrogens is 465 g/mol. The quantitative estimate of drug-likeness (QED) is 0.230. The molecule has 1 aromatic carbocycles. The van der Waals surface area contributed by atoms with Crippen molar-refractivity contribution in [2.75, 3.05) is 47.0 Å². The zero-order chi connectivity index (χ0) is 18.1. The van der Waals surface area contributed by atoms with Crippen LogP contribution in [0.3, 0.4) is 0 Å². The monoisotopic (exact) mass is 495 g/mol. The standard InChI is InChI=1S/C19H30ClN3O2.HI/c1-4-24-13-11-19(9-10-19)15-22-18(21-2)23(3)12-14-25-17-7-5-16(20)6-8-17;/h5-8H,4,9-15H2,1-3H3,(H,21,22);1H. The average molecular weight is 496 g/mol. The van der Waals surface area contributed by atoms with Gasteiger partial charge in [0, 0.05) is 38.9 Å². The van der Waals surface area contributed by atoms with E-state index in [4.69, 9.17) is 21.1 Å². The fourth-order valence-corrected chi connectivity index (χ4v) is 2.84. The minimum atomic E-state index is 0. The highest BCUT2D eigenvalue weighted by Gasteiger charge is 2.42. The number of ether oxygens (including phenoxy) is 2. The largest absolute Gasteiger partial charge is 0.492 e. The lowest BCUT2D eigenvalue weighted by Gasteiger charge is -2.24. The second-order valence-corrected chi connectivity index (χ2v) is 7.01. The molecule has 1 saturated carbocycles. The Bertz CT molecular complexity index is 550. The number of halogens is 2. The lowest BCUT2D eigenvalue weighted by Crippen LogP contribution is -2.43. The molecule has 0 unspecified atom stereocenters. The van der Waals surface area contributed by atoms with E-state index in [2.05, 4.69) is 15.2 Å². The van der Waals surface area contributed by atoms with E-state index < -0.39 is 0 Å². The summed E-state index contributed by atoms with van der Waals surface area (Å²) in [7, 11) is 3.85.